The highest BCUT2D eigenvalue weighted by Crippen LogP contribution is 2.29. The predicted molar refractivity (Wildman–Crippen MR) is 90.4 cm³/mol. The molecule has 3 N–H and O–H groups in total. The molecule has 1 fully saturated rings. The van der Waals surface area contributed by atoms with Gasteiger partial charge in [0.15, 0.2) is 0 Å². The number of hydrazine groups is 1. The van der Waals surface area contributed by atoms with E-state index >= 15 is 0 Å². The summed E-state index contributed by atoms with van der Waals surface area (Å²) in [6.07, 6.45) is 3.42. The molecule has 118 valence electrons. The molecule has 0 aliphatic carbocycles. The SMILES string of the molecule is COc1ccc(Br)c(CC(NN)C(C)(C)N2CCCC2)c1. The van der Waals surface area contributed by atoms with Gasteiger partial charge in [0, 0.05) is 16.1 Å². The van der Waals surface area contributed by atoms with Crippen LogP contribution >= 0.6 is 15.9 Å². The van der Waals surface area contributed by atoms with E-state index in [4.69, 9.17) is 10.6 Å². The van der Waals surface area contributed by atoms with Gasteiger partial charge in [-0.15, -0.1) is 0 Å². The molecule has 1 aliphatic rings. The van der Waals surface area contributed by atoms with E-state index in [0.717, 1.165) is 29.7 Å². The minimum atomic E-state index is 0.0216. The van der Waals surface area contributed by atoms with Gasteiger partial charge in [-0.05, 0) is 70.0 Å². The maximum absolute atomic E-state index is 5.87. The molecule has 4 nitrogen and oxygen atoms in total. The van der Waals surface area contributed by atoms with Crippen LogP contribution in [0.1, 0.15) is 32.3 Å². The van der Waals surface area contributed by atoms with Crippen molar-refractivity contribution < 1.29 is 4.74 Å². The Morgan fingerprint density at radius 3 is 2.62 bits per heavy atom. The lowest BCUT2D eigenvalue weighted by Gasteiger charge is -2.42. The Bertz CT molecular complexity index is 473. The van der Waals surface area contributed by atoms with E-state index in [2.05, 4.69) is 46.2 Å². The average Bonchev–Trinajstić information content (AvgIpc) is 3.01. The fourth-order valence-electron chi connectivity index (χ4n) is 3.08. The van der Waals surface area contributed by atoms with E-state index in [-0.39, 0.29) is 11.6 Å². The van der Waals surface area contributed by atoms with Crippen LogP contribution in [-0.2, 0) is 6.42 Å². The number of hydrogen-bond acceptors (Lipinski definition) is 4. The Balaban J connectivity index is 2.18. The second kappa shape index (κ2) is 7.09. The Morgan fingerprint density at radius 1 is 1.38 bits per heavy atom. The van der Waals surface area contributed by atoms with Crippen molar-refractivity contribution in [2.24, 2.45) is 5.84 Å². The molecule has 1 aliphatic heterocycles. The van der Waals surface area contributed by atoms with Gasteiger partial charge in [-0.3, -0.25) is 16.2 Å². The third kappa shape index (κ3) is 3.77. The minimum Gasteiger partial charge on any atom is -0.497 e. The Hall–Kier alpha value is -0.620. The lowest BCUT2D eigenvalue weighted by molar-refractivity contribution is 0.106. The van der Waals surface area contributed by atoms with Crippen LogP contribution in [0.15, 0.2) is 22.7 Å². The standard InChI is InChI=1S/C16H26BrN3O/c1-16(2,20-8-4-5-9-20)15(19-18)11-12-10-13(21-3)6-7-14(12)17/h6-7,10,15,19H,4-5,8-9,11,18H2,1-3H3. The Labute approximate surface area is 136 Å². The molecule has 0 amide bonds. The lowest BCUT2D eigenvalue weighted by atomic mass is 9.88. The zero-order valence-electron chi connectivity index (χ0n) is 13.2. The molecule has 1 saturated heterocycles. The largest absolute Gasteiger partial charge is 0.497 e. The molecular formula is C16H26BrN3O. The van der Waals surface area contributed by atoms with Gasteiger partial charge in [0.05, 0.1) is 7.11 Å². The minimum absolute atomic E-state index is 0.0216. The molecule has 1 heterocycles. The number of rotatable bonds is 6. The van der Waals surface area contributed by atoms with Crippen LogP contribution in [0, 0.1) is 0 Å². The number of halogens is 1. The molecule has 1 unspecified atom stereocenters. The monoisotopic (exact) mass is 355 g/mol. The number of ether oxygens (including phenoxy) is 1. The number of benzene rings is 1. The van der Waals surface area contributed by atoms with Gasteiger partial charge in [0.1, 0.15) is 5.75 Å². The van der Waals surface area contributed by atoms with Crippen LogP contribution in [0.5, 0.6) is 5.75 Å². The highest BCUT2D eigenvalue weighted by atomic mass is 79.9. The normalized spacial score (nSPS) is 18.0. The molecule has 0 spiro atoms. The summed E-state index contributed by atoms with van der Waals surface area (Å²) in [6.45, 7) is 6.86. The zero-order valence-corrected chi connectivity index (χ0v) is 14.7. The van der Waals surface area contributed by atoms with E-state index in [9.17, 15) is 0 Å². The maximum atomic E-state index is 5.87. The van der Waals surface area contributed by atoms with Gasteiger partial charge in [0.25, 0.3) is 0 Å². The Morgan fingerprint density at radius 2 is 2.05 bits per heavy atom. The molecule has 0 saturated carbocycles. The fourth-order valence-corrected chi connectivity index (χ4v) is 3.49. The van der Waals surface area contributed by atoms with Crippen LogP contribution in [0.2, 0.25) is 0 Å². The molecule has 0 radical (unpaired) electrons. The highest BCUT2D eigenvalue weighted by molar-refractivity contribution is 9.10. The Kier molecular flexibility index (Phi) is 5.66. The molecule has 1 aromatic carbocycles. The maximum Gasteiger partial charge on any atom is 0.119 e. The van der Waals surface area contributed by atoms with Gasteiger partial charge in [0.2, 0.25) is 0 Å². The molecule has 0 aromatic heterocycles. The van der Waals surface area contributed by atoms with Crippen molar-refractivity contribution in [3.63, 3.8) is 0 Å². The number of methoxy groups -OCH3 is 1. The van der Waals surface area contributed by atoms with E-state index in [1.807, 2.05) is 12.1 Å². The second-order valence-electron chi connectivity index (χ2n) is 6.23. The first kappa shape index (κ1) is 16.7. The molecule has 1 aromatic rings. The van der Waals surface area contributed by atoms with Crippen LogP contribution in [0.25, 0.3) is 0 Å². The molecular weight excluding hydrogens is 330 g/mol. The van der Waals surface area contributed by atoms with Crippen molar-refractivity contribution >= 4 is 15.9 Å². The van der Waals surface area contributed by atoms with Crippen molar-refractivity contribution in [1.82, 2.24) is 10.3 Å². The van der Waals surface area contributed by atoms with Crippen molar-refractivity contribution in [2.45, 2.75) is 44.7 Å². The average molecular weight is 356 g/mol. The van der Waals surface area contributed by atoms with Crippen LogP contribution in [0.4, 0.5) is 0 Å². The summed E-state index contributed by atoms with van der Waals surface area (Å²) < 4.78 is 6.43. The third-order valence-electron chi connectivity index (χ3n) is 4.65. The predicted octanol–water partition coefficient (Wildman–Crippen LogP) is 2.71. The van der Waals surface area contributed by atoms with Gasteiger partial charge >= 0.3 is 0 Å². The van der Waals surface area contributed by atoms with E-state index < -0.39 is 0 Å². The first-order chi connectivity index (χ1) is 9.98. The summed E-state index contributed by atoms with van der Waals surface area (Å²) in [5.74, 6) is 6.75. The highest BCUT2D eigenvalue weighted by Gasteiger charge is 2.36. The smallest absolute Gasteiger partial charge is 0.119 e. The topological polar surface area (TPSA) is 50.5 Å². The van der Waals surface area contributed by atoms with E-state index in [0.29, 0.717) is 0 Å². The summed E-state index contributed by atoms with van der Waals surface area (Å²) in [5.41, 5.74) is 4.26. The number of hydrogen-bond donors (Lipinski definition) is 2. The molecule has 21 heavy (non-hydrogen) atoms. The van der Waals surface area contributed by atoms with Crippen molar-refractivity contribution in [2.75, 3.05) is 20.2 Å². The summed E-state index contributed by atoms with van der Waals surface area (Å²) in [4.78, 5) is 2.53. The summed E-state index contributed by atoms with van der Waals surface area (Å²) in [7, 11) is 1.69. The van der Waals surface area contributed by atoms with Crippen molar-refractivity contribution in [3.05, 3.63) is 28.2 Å². The molecule has 2 rings (SSSR count). The van der Waals surface area contributed by atoms with Crippen molar-refractivity contribution in [3.8, 4) is 5.75 Å². The number of likely N-dealkylation sites (tertiary alicyclic amines) is 1. The van der Waals surface area contributed by atoms with E-state index in [1.54, 1.807) is 7.11 Å². The first-order valence-corrected chi connectivity index (χ1v) is 8.32. The van der Waals surface area contributed by atoms with Crippen LogP contribution in [0.3, 0.4) is 0 Å². The quantitative estimate of drug-likeness (QED) is 0.608. The van der Waals surface area contributed by atoms with Gasteiger partial charge < -0.3 is 4.74 Å². The fraction of sp³-hybridized carbons (Fsp3) is 0.625. The van der Waals surface area contributed by atoms with Crippen LogP contribution in [-0.4, -0.2) is 36.7 Å². The summed E-state index contributed by atoms with van der Waals surface area (Å²) in [5, 5.41) is 0. The van der Waals surface area contributed by atoms with Gasteiger partial charge in [-0.25, -0.2) is 0 Å². The molecule has 5 heteroatoms. The summed E-state index contributed by atoms with van der Waals surface area (Å²) in [6, 6.07) is 6.25. The van der Waals surface area contributed by atoms with E-state index in [1.165, 1.54) is 18.4 Å². The van der Waals surface area contributed by atoms with Crippen LogP contribution < -0.4 is 16.0 Å². The van der Waals surface area contributed by atoms with Gasteiger partial charge in [-0.1, -0.05) is 15.9 Å². The number of nitrogens with one attached hydrogen (secondary N) is 1. The van der Waals surface area contributed by atoms with Crippen molar-refractivity contribution in [1.29, 1.82) is 0 Å². The lowest BCUT2D eigenvalue weighted by Crippen LogP contribution is -2.59. The van der Waals surface area contributed by atoms with Gasteiger partial charge in [-0.2, -0.15) is 0 Å². The first-order valence-electron chi connectivity index (χ1n) is 7.52. The third-order valence-corrected chi connectivity index (χ3v) is 5.43. The summed E-state index contributed by atoms with van der Waals surface area (Å²) >= 11 is 3.63. The number of nitrogens with zero attached hydrogens (tertiary/aromatic N) is 1. The molecule has 0 bridgehead atoms. The molecule has 1 atom stereocenters. The zero-order chi connectivity index (χ0) is 15.5. The second-order valence-corrected chi connectivity index (χ2v) is 7.08. The number of nitrogens with two attached hydrogens (primary N) is 1.